The number of benzene rings is 1. The molecule has 0 spiro atoms. The van der Waals surface area contributed by atoms with Gasteiger partial charge in [-0.25, -0.2) is 14.6 Å². The molecule has 7 rings (SSSR count). The number of methoxy groups -OCH3 is 1. The highest BCUT2D eigenvalue weighted by Crippen LogP contribution is 2.42. The maximum atomic E-state index is 14.6. The van der Waals surface area contributed by atoms with Crippen molar-refractivity contribution >= 4 is 46.1 Å². The second-order valence-electron chi connectivity index (χ2n) is 18.8. The largest absolute Gasteiger partial charge is 0.462 e. The number of nitrogens with one attached hydrogen (secondary N) is 3. The molecule has 6 bridgehead atoms. The first-order chi connectivity index (χ1) is 30.4. The Hall–Kier alpha value is -4.94. The first-order valence-electron chi connectivity index (χ1n) is 22.5. The Bertz CT molecular complexity index is 2370. The number of aliphatic hydroxyl groups is 1. The summed E-state index contributed by atoms with van der Waals surface area (Å²) in [6.07, 6.45) is 2.32. The minimum Gasteiger partial charge on any atom is -0.462 e. The normalized spacial score (nSPS) is 22.1. The Morgan fingerprint density at radius 1 is 1.16 bits per heavy atom. The minimum absolute atomic E-state index is 0.00801. The van der Waals surface area contributed by atoms with Crippen molar-refractivity contribution in [3.05, 3.63) is 58.2 Å². The molecule has 0 radical (unpaired) electrons. The lowest BCUT2D eigenvalue weighted by Gasteiger charge is -2.45. The van der Waals surface area contributed by atoms with E-state index in [0.29, 0.717) is 43.4 Å². The summed E-state index contributed by atoms with van der Waals surface area (Å²) in [6, 6.07) is 8.23. The maximum absolute atomic E-state index is 14.6. The molecule has 4 N–H and O–H groups in total. The number of fused-ring (bicyclic) bond motifs is 6. The number of amides is 4. The van der Waals surface area contributed by atoms with Crippen LogP contribution >= 0.6 is 11.3 Å². The highest BCUT2D eigenvalue weighted by atomic mass is 32.1. The highest BCUT2D eigenvalue weighted by molar-refractivity contribution is 7.10. The fourth-order valence-electron chi connectivity index (χ4n) is 9.35. The lowest BCUT2D eigenvalue weighted by atomic mass is 9.84. The number of likely N-dealkylation sites (tertiary alicyclic amines) is 1. The number of aromatic nitrogens is 3. The van der Waals surface area contributed by atoms with Crippen molar-refractivity contribution in [2.24, 2.45) is 17.3 Å². The van der Waals surface area contributed by atoms with Crippen LogP contribution in [0.3, 0.4) is 0 Å². The molecule has 17 heteroatoms. The van der Waals surface area contributed by atoms with Crippen LogP contribution < -0.4 is 16.1 Å². The summed E-state index contributed by atoms with van der Waals surface area (Å²) in [4.78, 5) is 69.7. The number of esters is 1. The summed E-state index contributed by atoms with van der Waals surface area (Å²) in [5.74, 6) is -1.94. The van der Waals surface area contributed by atoms with E-state index in [-0.39, 0.29) is 50.1 Å². The molecule has 3 aliphatic rings. The number of pyridine rings is 1. The third-order valence-electron chi connectivity index (χ3n) is 13.2. The second-order valence-corrected chi connectivity index (χ2v) is 19.8. The van der Waals surface area contributed by atoms with E-state index in [9.17, 15) is 24.3 Å². The zero-order valence-electron chi connectivity index (χ0n) is 38.9. The molecule has 346 valence electrons. The number of hydrogen-bond donors (Lipinski definition) is 4. The van der Waals surface area contributed by atoms with E-state index in [0.717, 1.165) is 44.7 Å². The average Bonchev–Trinajstić information content (AvgIpc) is 3.85. The topological polar surface area (TPSA) is 183 Å². The van der Waals surface area contributed by atoms with E-state index >= 15 is 0 Å². The third-order valence-corrected chi connectivity index (χ3v) is 14.1. The predicted octanol–water partition coefficient (Wildman–Crippen LogP) is 5.14. The molecule has 3 aliphatic heterocycles. The molecule has 6 heterocycles. The summed E-state index contributed by atoms with van der Waals surface area (Å²) < 4.78 is 14.0. The Morgan fingerprint density at radius 2 is 1.91 bits per heavy atom. The van der Waals surface area contributed by atoms with Gasteiger partial charge in [0.1, 0.15) is 12.1 Å². The van der Waals surface area contributed by atoms with Gasteiger partial charge in [-0.15, -0.1) is 11.3 Å². The fourth-order valence-corrected chi connectivity index (χ4v) is 10.2. The lowest BCUT2D eigenvalue weighted by molar-refractivity contribution is -0.189. The molecule has 2 saturated heterocycles. The number of thiazole rings is 1. The van der Waals surface area contributed by atoms with Crippen molar-refractivity contribution < 1.29 is 33.8 Å². The summed E-state index contributed by atoms with van der Waals surface area (Å²) in [6.45, 7) is 15.9. The molecule has 1 aromatic carbocycles. The number of carbonyl (C=O) groups is 4. The Kier molecular flexibility index (Phi) is 13.9. The van der Waals surface area contributed by atoms with Crippen molar-refractivity contribution in [3.8, 4) is 22.5 Å². The molecule has 64 heavy (non-hydrogen) atoms. The van der Waals surface area contributed by atoms with Crippen molar-refractivity contribution in [2.45, 2.75) is 111 Å². The van der Waals surface area contributed by atoms with Gasteiger partial charge in [0.25, 0.3) is 5.91 Å². The van der Waals surface area contributed by atoms with Gasteiger partial charge in [0.05, 0.1) is 34.8 Å². The monoisotopic (exact) mass is 899 g/mol. The number of hydrazine groups is 1. The zero-order valence-corrected chi connectivity index (χ0v) is 39.7. The van der Waals surface area contributed by atoms with Crippen molar-refractivity contribution in [1.82, 2.24) is 45.4 Å². The number of likely N-dealkylation sites (N-methyl/N-ethyl adjacent to an activating group) is 1. The number of nitrogens with zero attached hydrogens (tertiary/aromatic N) is 6. The van der Waals surface area contributed by atoms with Gasteiger partial charge in [-0.2, -0.15) is 5.43 Å². The van der Waals surface area contributed by atoms with Crippen LogP contribution in [0, 0.1) is 17.3 Å². The Morgan fingerprint density at radius 3 is 2.59 bits per heavy atom. The van der Waals surface area contributed by atoms with E-state index in [1.165, 1.54) is 21.2 Å². The van der Waals surface area contributed by atoms with Gasteiger partial charge >= 0.3 is 12.0 Å². The molecule has 16 nitrogen and oxygen atoms in total. The quantitative estimate of drug-likeness (QED) is 0.155. The summed E-state index contributed by atoms with van der Waals surface area (Å²) in [5, 5.41) is 22.8. The maximum Gasteiger partial charge on any atom is 0.355 e. The van der Waals surface area contributed by atoms with Gasteiger partial charge in [-0.05, 0) is 76.4 Å². The smallest absolute Gasteiger partial charge is 0.355 e. The van der Waals surface area contributed by atoms with Crippen LogP contribution in [0.25, 0.3) is 33.4 Å². The molecule has 0 saturated carbocycles. The molecule has 3 aromatic heterocycles. The summed E-state index contributed by atoms with van der Waals surface area (Å²) >= 11 is 1.38. The Balaban J connectivity index is 1.28. The molecule has 4 aromatic rings. The van der Waals surface area contributed by atoms with Gasteiger partial charge < -0.3 is 39.6 Å². The molecular formula is C47H65N9O7S. The minimum atomic E-state index is -2.20. The van der Waals surface area contributed by atoms with Gasteiger partial charge in [-0.3, -0.25) is 19.6 Å². The van der Waals surface area contributed by atoms with Gasteiger partial charge in [0.15, 0.2) is 0 Å². The van der Waals surface area contributed by atoms with E-state index < -0.39 is 41.0 Å². The average molecular weight is 900 g/mol. The number of hydrogen-bond acceptors (Lipinski definition) is 12. The molecule has 4 amide bonds. The van der Waals surface area contributed by atoms with E-state index in [1.54, 1.807) is 25.3 Å². The SMILES string of the molecule is CCn1c(-c2cccnc2[C@H](C)OC)c2c3cc(ccc31)-c1csc(n1)C[C@H](NC(=O)[C@H](C(C)C)N(C)C(=O)N1CC([C@H](C)NC)C1)C(=O)N1CCC[C@@](O)(N1)C(=O)OCC(C)(C)C2. The fraction of sp³-hybridized carbons (Fsp3) is 0.574. The number of carbonyl (C=O) groups excluding carboxylic acids is 4. The molecule has 5 atom stereocenters. The number of rotatable bonds is 10. The molecular weight excluding hydrogens is 835 g/mol. The number of ether oxygens (including phenoxy) is 2. The van der Waals surface area contributed by atoms with Gasteiger partial charge in [0, 0.05) is 104 Å². The predicted molar refractivity (Wildman–Crippen MR) is 246 cm³/mol. The van der Waals surface area contributed by atoms with Crippen LogP contribution in [0.4, 0.5) is 4.79 Å². The second kappa shape index (κ2) is 18.9. The highest BCUT2D eigenvalue weighted by Gasteiger charge is 2.46. The first-order valence-corrected chi connectivity index (χ1v) is 23.3. The zero-order chi connectivity index (χ0) is 46.2. The van der Waals surface area contributed by atoms with Gasteiger partial charge in [-0.1, -0.05) is 33.8 Å². The van der Waals surface area contributed by atoms with Crippen LogP contribution in [0.5, 0.6) is 0 Å². The van der Waals surface area contributed by atoms with Crippen LogP contribution in [-0.4, -0.2) is 130 Å². The number of urea groups is 1. The van der Waals surface area contributed by atoms with Crippen molar-refractivity contribution in [3.63, 3.8) is 0 Å². The standard InChI is InChI=1S/C47H65N9O7S/c1-11-55-37-16-15-30-20-33(37)34(41(55)32-14-12-18-49-39(32)29(5)62-10)22-46(6,7)26-63-44(59)47(61)17-13-19-56(52-47)43(58)35(21-38-50-36(30)25-64-38)51-42(57)40(27(2)3)53(9)45(60)54-23-31(24-54)28(4)48-8/h12,14-16,18,20,25,27-29,31,35,40,48,52,61H,11,13,17,19,21-24,26H2,1-10H3,(H,51,57)/t28-,29-,35-,40-,47-/m0/s1. The van der Waals surface area contributed by atoms with Crippen molar-refractivity contribution in [2.75, 3.05) is 47.4 Å². The van der Waals surface area contributed by atoms with Crippen LogP contribution in [0.1, 0.15) is 83.7 Å². The lowest BCUT2D eigenvalue weighted by Crippen LogP contribution is -2.67. The van der Waals surface area contributed by atoms with Crippen molar-refractivity contribution in [1.29, 1.82) is 0 Å². The first kappa shape index (κ1) is 47.0. The van der Waals surface area contributed by atoms with Crippen LogP contribution in [-0.2, 0) is 43.2 Å². The van der Waals surface area contributed by atoms with E-state index in [4.69, 9.17) is 19.4 Å². The van der Waals surface area contributed by atoms with Gasteiger partial charge in [0.2, 0.25) is 11.6 Å². The van der Waals surface area contributed by atoms with E-state index in [1.807, 2.05) is 53.1 Å². The van der Waals surface area contributed by atoms with E-state index in [2.05, 4.69) is 58.7 Å². The number of cyclic esters (lactones) is 1. The Labute approximate surface area is 380 Å². The summed E-state index contributed by atoms with van der Waals surface area (Å²) in [7, 11) is 5.19. The van der Waals surface area contributed by atoms with Crippen LogP contribution in [0.2, 0.25) is 0 Å². The molecule has 2 fully saturated rings. The van der Waals surface area contributed by atoms with Crippen LogP contribution in [0.15, 0.2) is 41.9 Å². The third kappa shape index (κ3) is 9.27. The molecule has 0 unspecified atom stereocenters. The molecule has 0 aliphatic carbocycles. The number of aryl methyl sites for hydroxylation is 1. The summed E-state index contributed by atoms with van der Waals surface area (Å²) in [5.41, 5.74) is 6.38.